The van der Waals surface area contributed by atoms with Gasteiger partial charge in [-0.2, -0.15) is 0 Å². The quantitative estimate of drug-likeness (QED) is 0.222. The molecule has 0 rings (SSSR count). The summed E-state index contributed by atoms with van der Waals surface area (Å²) in [7, 11) is 0.444. The van der Waals surface area contributed by atoms with Gasteiger partial charge in [0, 0.05) is 0 Å². The van der Waals surface area contributed by atoms with Crippen molar-refractivity contribution in [3.63, 3.8) is 0 Å². The summed E-state index contributed by atoms with van der Waals surface area (Å²) < 4.78 is 9.15. The summed E-state index contributed by atoms with van der Waals surface area (Å²) >= 11 is 0. The molecule has 0 aromatic heterocycles. The molecule has 3 heteroatoms. The molecule has 5 heavy (non-hydrogen) atoms. The molecule has 2 N–H and O–H groups in total. The molecule has 0 saturated heterocycles. The van der Waals surface area contributed by atoms with E-state index in [1.807, 2.05) is 11.9 Å². The summed E-state index contributed by atoms with van der Waals surface area (Å²) in [5.74, 6) is 1.96. The molecule has 0 aromatic carbocycles. The maximum atomic E-state index is 9.15. The van der Waals surface area contributed by atoms with Gasteiger partial charge in [0.1, 0.15) is 0 Å². The van der Waals surface area contributed by atoms with E-state index in [2.05, 4.69) is 5.73 Å². The predicted octanol–water partition coefficient (Wildman–Crippen LogP) is -1.09. The van der Waals surface area contributed by atoms with Gasteiger partial charge < -0.3 is 0 Å². The Morgan fingerprint density at radius 3 is 2.40 bits per heavy atom. The standard InChI is InChI=1S/C2H2BNO/c4-2-1-3-5/h4H2. The molecular formula is C2H2BNO. The fourth-order valence-corrected chi connectivity index (χ4v) is 0.0340. The summed E-state index contributed by atoms with van der Waals surface area (Å²) in [6, 6.07) is 1.90. The average molecular weight is 66.9 g/mol. The molecule has 0 atom stereocenters. The monoisotopic (exact) mass is 67.0 g/mol. The molecule has 0 bridgehead atoms. The van der Waals surface area contributed by atoms with Crippen molar-refractivity contribution in [2.24, 2.45) is 5.73 Å². The van der Waals surface area contributed by atoms with Crippen LogP contribution in [-0.4, -0.2) is 7.15 Å². The second-order valence-electron chi connectivity index (χ2n) is 0.407. The van der Waals surface area contributed by atoms with Crippen LogP contribution in [0.25, 0.3) is 0 Å². The van der Waals surface area contributed by atoms with Crippen LogP contribution in [0.15, 0.2) is 0 Å². The van der Waals surface area contributed by atoms with Crippen LogP contribution < -0.4 is 5.73 Å². The zero-order chi connectivity index (χ0) is 4.12. The van der Waals surface area contributed by atoms with Gasteiger partial charge in [-0.3, -0.25) is 0 Å². The third-order valence-corrected chi connectivity index (χ3v) is 0.142. The Kier molecular flexibility index (Phi) is 2.73. The van der Waals surface area contributed by atoms with E-state index in [0.29, 0.717) is 7.15 Å². The van der Waals surface area contributed by atoms with E-state index in [-0.39, 0.29) is 0 Å². The van der Waals surface area contributed by atoms with Gasteiger partial charge in [-0.05, 0) is 0 Å². The average Bonchev–Trinajstić information content (AvgIpc) is 1.41. The Bertz CT molecular complexity index is 79.4. The fourth-order valence-electron chi connectivity index (χ4n) is 0.0340. The van der Waals surface area contributed by atoms with Crippen molar-refractivity contribution < 1.29 is 4.70 Å². The van der Waals surface area contributed by atoms with E-state index >= 15 is 0 Å². The minimum absolute atomic E-state index is 0.444. The van der Waals surface area contributed by atoms with E-state index in [1.54, 1.807) is 0 Å². The molecule has 0 saturated carbocycles. The molecule has 0 heterocycles. The van der Waals surface area contributed by atoms with Gasteiger partial charge in [0.25, 0.3) is 0 Å². The van der Waals surface area contributed by atoms with Crippen molar-refractivity contribution >= 4 is 7.15 Å². The van der Waals surface area contributed by atoms with Crippen molar-refractivity contribution in [1.29, 1.82) is 0 Å². The van der Waals surface area contributed by atoms with Crippen molar-refractivity contribution in [3.8, 4) is 11.9 Å². The Morgan fingerprint density at radius 2 is 2.40 bits per heavy atom. The molecule has 0 amide bonds. The minimum atomic E-state index is 0.444. The van der Waals surface area contributed by atoms with E-state index in [0.717, 1.165) is 0 Å². The molecule has 0 aliphatic carbocycles. The van der Waals surface area contributed by atoms with Crippen LogP contribution in [0.1, 0.15) is 0 Å². The van der Waals surface area contributed by atoms with E-state index in [9.17, 15) is 0 Å². The predicted molar refractivity (Wildman–Crippen MR) is 18.4 cm³/mol. The molecule has 0 radical (unpaired) electrons. The van der Waals surface area contributed by atoms with Gasteiger partial charge in [0.15, 0.2) is 0 Å². The molecule has 24 valence electrons. The zero-order valence-corrected chi connectivity index (χ0v) is 2.56. The number of rotatable bonds is 0. The molecule has 2 nitrogen and oxygen atoms in total. The maximum absolute atomic E-state index is 9.15. The number of hydrogen-bond donors (Lipinski definition) is 1. The number of hydrogen-bond acceptors (Lipinski definition) is 2. The molecule has 0 aromatic rings. The number of nitrogens with two attached hydrogens (primary N) is 1. The molecule has 0 unspecified atom stereocenters. The van der Waals surface area contributed by atoms with Gasteiger partial charge >= 0.3 is 29.5 Å². The molecule has 0 aliphatic heterocycles. The van der Waals surface area contributed by atoms with Crippen LogP contribution in [-0.2, 0) is 4.70 Å². The fraction of sp³-hybridized carbons (Fsp3) is 0. The Labute approximate surface area is 30.6 Å². The topological polar surface area (TPSA) is 43.1 Å². The first kappa shape index (κ1) is 4.22. The van der Waals surface area contributed by atoms with Crippen molar-refractivity contribution in [2.45, 2.75) is 0 Å². The summed E-state index contributed by atoms with van der Waals surface area (Å²) in [5, 5.41) is 0. The van der Waals surface area contributed by atoms with Gasteiger partial charge in [-0.25, -0.2) is 0 Å². The van der Waals surface area contributed by atoms with Crippen LogP contribution in [0, 0.1) is 11.9 Å². The first-order valence-electron chi connectivity index (χ1n) is 1.06. The molecule has 0 fully saturated rings. The van der Waals surface area contributed by atoms with Crippen LogP contribution in [0.4, 0.5) is 0 Å². The van der Waals surface area contributed by atoms with E-state index < -0.39 is 0 Å². The third-order valence-electron chi connectivity index (χ3n) is 0.142. The first-order valence-corrected chi connectivity index (χ1v) is 1.06. The second kappa shape index (κ2) is 3.22. The first-order chi connectivity index (χ1) is 2.41. The zero-order valence-electron chi connectivity index (χ0n) is 2.56. The molecular weight excluding hydrogens is 64.8 g/mol. The third kappa shape index (κ3) is 3.22. The Balaban J connectivity index is 3.16. The SMILES string of the molecule is NC#CB=O. The second-order valence-corrected chi connectivity index (χ2v) is 0.407. The van der Waals surface area contributed by atoms with Crippen molar-refractivity contribution in [1.82, 2.24) is 0 Å². The van der Waals surface area contributed by atoms with Gasteiger partial charge in [0.2, 0.25) is 0 Å². The summed E-state index contributed by atoms with van der Waals surface area (Å²) in [4.78, 5) is 0. The van der Waals surface area contributed by atoms with Gasteiger partial charge in [-0.15, -0.1) is 0 Å². The summed E-state index contributed by atoms with van der Waals surface area (Å²) in [6.07, 6.45) is 0. The van der Waals surface area contributed by atoms with Crippen LogP contribution in [0.2, 0.25) is 0 Å². The van der Waals surface area contributed by atoms with E-state index in [4.69, 9.17) is 4.70 Å². The van der Waals surface area contributed by atoms with Crippen molar-refractivity contribution in [3.05, 3.63) is 0 Å². The Morgan fingerprint density at radius 1 is 1.80 bits per heavy atom. The van der Waals surface area contributed by atoms with Crippen LogP contribution in [0.3, 0.4) is 0 Å². The van der Waals surface area contributed by atoms with Crippen molar-refractivity contribution in [2.75, 3.05) is 0 Å². The summed E-state index contributed by atoms with van der Waals surface area (Å²) in [6.45, 7) is 0. The molecule has 0 spiro atoms. The Hall–Kier alpha value is -0.775. The summed E-state index contributed by atoms with van der Waals surface area (Å²) in [5.41, 5.74) is 4.55. The normalized spacial score (nSPS) is 3.20. The van der Waals surface area contributed by atoms with Crippen LogP contribution >= 0.6 is 0 Å². The molecule has 0 aliphatic rings. The van der Waals surface area contributed by atoms with Gasteiger partial charge in [-0.1, -0.05) is 0 Å². The van der Waals surface area contributed by atoms with E-state index in [1.165, 1.54) is 0 Å². The van der Waals surface area contributed by atoms with Gasteiger partial charge in [0.05, 0.1) is 0 Å². The van der Waals surface area contributed by atoms with Crippen LogP contribution in [0.5, 0.6) is 0 Å².